The second kappa shape index (κ2) is 10.1. The summed E-state index contributed by atoms with van der Waals surface area (Å²) in [5, 5.41) is 41.5. The van der Waals surface area contributed by atoms with Gasteiger partial charge in [0.25, 0.3) is 11.4 Å². The number of nitro groups is 2. The highest BCUT2D eigenvalue weighted by molar-refractivity contribution is 5.86. The van der Waals surface area contributed by atoms with Crippen LogP contribution >= 0.6 is 0 Å². The van der Waals surface area contributed by atoms with Gasteiger partial charge in [0, 0.05) is 11.6 Å². The van der Waals surface area contributed by atoms with Gasteiger partial charge in [-0.2, -0.15) is 0 Å². The van der Waals surface area contributed by atoms with E-state index in [4.69, 9.17) is 15.9 Å². The number of aliphatic hydroxyl groups is 1. The molecule has 1 aromatic carbocycles. The van der Waals surface area contributed by atoms with E-state index in [2.05, 4.69) is 5.32 Å². The van der Waals surface area contributed by atoms with Crippen molar-refractivity contribution in [1.82, 2.24) is 5.32 Å². The van der Waals surface area contributed by atoms with Crippen molar-refractivity contribution < 1.29 is 29.6 Å². The highest BCUT2D eigenvalue weighted by atomic mass is 16.6. The number of nitrogens with one attached hydrogen (secondary N) is 1. The number of carboxylic acids is 1. The Labute approximate surface area is 153 Å². The molecule has 0 fully saturated rings. The predicted molar refractivity (Wildman–Crippen MR) is 91.9 cm³/mol. The van der Waals surface area contributed by atoms with Crippen molar-refractivity contribution >= 4 is 23.3 Å². The summed E-state index contributed by atoms with van der Waals surface area (Å²) in [6, 6.07) is 0.969. The van der Waals surface area contributed by atoms with Crippen molar-refractivity contribution in [2.75, 3.05) is 6.61 Å². The van der Waals surface area contributed by atoms with Crippen molar-refractivity contribution in [1.29, 1.82) is 0 Å². The van der Waals surface area contributed by atoms with Gasteiger partial charge in [-0.25, -0.2) is 4.79 Å². The minimum absolute atomic E-state index is 0.199. The molecule has 0 saturated carbocycles. The maximum absolute atomic E-state index is 11.8. The number of aliphatic hydroxyl groups excluding tert-OH is 1. The molecule has 27 heavy (non-hydrogen) atoms. The van der Waals surface area contributed by atoms with E-state index in [9.17, 15) is 29.8 Å². The Morgan fingerprint density at radius 1 is 1.19 bits per heavy atom. The highest BCUT2D eigenvalue weighted by Crippen LogP contribution is 2.26. The molecule has 12 nitrogen and oxygen atoms in total. The fraction of sp³-hybridized carbons (Fsp3) is 0.467. The Morgan fingerprint density at radius 2 is 1.85 bits per heavy atom. The van der Waals surface area contributed by atoms with Crippen molar-refractivity contribution in [3.63, 3.8) is 0 Å². The molecule has 1 rings (SSSR count). The molecule has 5 N–H and O–H groups in total. The largest absolute Gasteiger partial charge is 0.480 e. The molecule has 0 aliphatic heterocycles. The number of nitrogens with two attached hydrogens (primary N) is 1. The van der Waals surface area contributed by atoms with E-state index < -0.39 is 40.4 Å². The van der Waals surface area contributed by atoms with Gasteiger partial charge in [0.1, 0.15) is 6.04 Å². The average Bonchev–Trinajstić information content (AvgIpc) is 2.62. The molecule has 0 radical (unpaired) electrons. The van der Waals surface area contributed by atoms with E-state index in [1.165, 1.54) is 12.1 Å². The van der Waals surface area contributed by atoms with Gasteiger partial charge in [0.15, 0.2) is 0 Å². The zero-order valence-corrected chi connectivity index (χ0v) is 14.2. The van der Waals surface area contributed by atoms with Gasteiger partial charge in [0.2, 0.25) is 5.91 Å². The van der Waals surface area contributed by atoms with Gasteiger partial charge >= 0.3 is 5.97 Å². The SMILES string of the molecule is NC(CCCCc1ccc([N+](=O)[O-])cc1[N+](=O)[O-])C(=O)NC(CO)C(=O)O. The Balaban J connectivity index is 2.56. The van der Waals surface area contributed by atoms with Crippen LogP contribution in [0.2, 0.25) is 0 Å². The molecular weight excluding hydrogens is 364 g/mol. The first-order valence-electron chi connectivity index (χ1n) is 7.98. The normalized spacial score (nSPS) is 12.8. The van der Waals surface area contributed by atoms with Crippen LogP contribution in [0.1, 0.15) is 24.8 Å². The fourth-order valence-electron chi connectivity index (χ4n) is 2.32. The van der Waals surface area contributed by atoms with E-state index in [1.807, 2.05) is 0 Å². The minimum Gasteiger partial charge on any atom is -0.480 e. The Kier molecular flexibility index (Phi) is 8.23. The molecule has 0 saturated heterocycles. The number of carboxylic acid groups (broad SMARTS) is 1. The van der Waals surface area contributed by atoms with Crippen LogP contribution in [0.3, 0.4) is 0 Å². The number of rotatable bonds is 11. The topological polar surface area (TPSA) is 199 Å². The number of hydrogen-bond acceptors (Lipinski definition) is 8. The molecular formula is C15H20N4O8. The lowest BCUT2D eigenvalue weighted by Crippen LogP contribution is -2.49. The lowest BCUT2D eigenvalue weighted by atomic mass is 10.0. The van der Waals surface area contributed by atoms with Crippen LogP contribution in [0.5, 0.6) is 0 Å². The first-order valence-corrected chi connectivity index (χ1v) is 7.98. The van der Waals surface area contributed by atoms with Crippen LogP contribution in [-0.2, 0) is 16.0 Å². The molecule has 0 spiro atoms. The molecule has 12 heteroatoms. The highest BCUT2D eigenvalue weighted by Gasteiger charge is 2.23. The van der Waals surface area contributed by atoms with Crippen LogP contribution in [0, 0.1) is 20.2 Å². The van der Waals surface area contributed by atoms with Gasteiger partial charge in [0.05, 0.1) is 28.6 Å². The van der Waals surface area contributed by atoms with E-state index in [0.717, 1.165) is 6.07 Å². The number of unbranched alkanes of at least 4 members (excludes halogenated alkanes) is 1. The lowest BCUT2D eigenvalue weighted by Gasteiger charge is -2.16. The van der Waals surface area contributed by atoms with Crippen molar-refractivity contribution in [2.24, 2.45) is 5.73 Å². The zero-order valence-electron chi connectivity index (χ0n) is 14.2. The summed E-state index contributed by atoms with van der Waals surface area (Å²) >= 11 is 0. The van der Waals surface area contributed by atoms with Gasteiger partial charge in [-0.3, -0.25) is 25.0 Å². The minimum atomic E-state index is -1.44. The summed E-state index contributed by atoms with van der Waals surface area (Å²) in [7, 11) is 0. The molecule has 0 aliphatic carbocycles. The predicted octanol–water partition coefficient (Wildman–Crippen LogP) is 0.105. The monoisotopic (exact) mass is 384 g/mol. The molecule has 1 aromatic rings. The number of aryl methyl sites for hydroxylation is 1. The quantitative estimate of drug-likeness (QED) is 0.232. The first-order chi connectivity index (χ1) is 12.7. The smallest absolute Gasteiger partial charge is 0.328 e. The number of hydrogen-bond donors (Lipinski definition) is 4. The Bertz CT molecular complexity index is 724. The number of non-ortho nitro benzene ring substituents is 1. The van der Waals surface area contributed by atoms with Crippen LogP contribution in [-0.4, -0.2) is 50.6 Å². The molecule has 1 amide bonds. The standard InChI is InChI=1S/C15H20N4O8/c16-11(14(21)17-12(8-20)15(22)23)4-2-1-3-9-5-6-10(18(24)25)7-13(9)19(26)27/h5-7,11-12,20H,1-4,8,16H2,(H,17,21)(H,22,23). The third-order valence-corrected chi connectivity index (χ3v) is 3.82. The molecule has 0 aliphatic rings. The van der Waals surface area contributed by atoms with Crippen molar-refractivity contribution in [2.45, 2.75) is 37.8 Å². The van der Waals surface area contributed by atoms with Crippen LogP contribution in [0.4, 0.5) is 11.4 Å². The third-order valence-electron chi connectivity index (χ3n) is 3.82. The summed E-state index contributed by atoms with van der Waals surface area (Å²) in [5.74, 6) is -2.11. The van der Waals surface area contributed by atoms with E-state index in [-0.39, 0.29) is 24.2 Å². The zero-order chi connectivity index (χ0) is 20.6. The van der Waals surface area contributed by atoms with Crippen molar-refractivity contribution in [3.05, 3.63) is 44.0 Å². The van der Waals surface area contributed by atoms with Gasteiger partial charge in [-0.05, 0) is 25.3 Å². The number of nitrogens with zero attached hydrogens (tertiary/aromatic N) is 2. The summed E-state index contributed by atoms with van der Waals surface area (Å²) in [6.45, 7) is -0.766. The first kappa shape index (κ1) is 21.9. The number of benzene rings is 1. The summed E-state index contributed by atoms with van der Waals surface area (Å²) in [4.78, 5) is 42.9. The van der Waals surface area contributed by atoms with Gasteiger partial charge in [-0.1, -0.05) is 6.42 Å². The Hall–Kier alpha value is -3.12. The molecule has 2 atom stereocenters. The van der Waals surface area contributed by atoms with E-state index in [1.54, 1.807) is 0 Å². The number of amides is 1. The van der Waals surface area contributed by atoms with Gasteiger partial charge < -0.3 is 21.3 Å². The number of nitro benzene ring substituents is 2. The summed E-state index contributed by atoms with van der Waals surface area (Å²) in [6.07, 6.45) is 1.31. The third kappa shape index (κ3) is 6.60. The number of aliphatic carboxylic acids is 1. The Morgan fingerprint density at radius 3 is 2.37 bits per heavy atom. The number of carbonyl (C=O) groups excluding carboxylic acids is 1. The van der Waals surface area contributed by atoms with Crippen LogP contribution in [0.25, 0.3) is 0 Å². The molecule has 2 unspecified atom stereocenters. The molecule has 0 bridgehead atoms. The van der Waals surface area contributed by atoms with Crippen LogP contribution in [0.15, 0.2) is 18.2 Å². The van der Waals surface area contributed by atoms with Crippen molar-refractivity contribution in [3.8, 4) is 0 Å². The second-order valence-electron chi connectivity index (χ2n) is 5.76. The maximum atomic E-state index is 11.8. The van der Waals surface area contributed by atoms with E-state index in [0.29, 0.717) is 18.4 Å². The second-order valence-corrected chi connectivity index (χ2v) is 5.76. The lowest BCUT2D eigenvalue weighted by molar-refractivity contribution is -0.394. The fourth-order valence-corrected chi connectivity index (χ4v) is 2.32. The molecule has 0 heterocycles. The van der Waals surface area contributed by atoms with Gasteiger partial charge in [-0.15, -0.1) is 0 Å². The average molecular weight is 384 g/mol. The summed E-state index contributed by atoms with van der Waals surface area (Å²) < 4.78 is 0. The van der Waals surface area contributed by atoms with E-state index >= 15 is 0 Å². The van der Waals surface area contributed by atoms with Crippen LogP contribution < -0.4 is 11.1 Å². The number of carbonyl (C=O) groups is 2. The molecule has 0 aromatic heterocycles. The maximum Gasteiger partial charge on any atom is 0.328 e. The molecule has 148 valence electrons. The summed E-state index contributed by atoms with van der Waals surface area (Å²) in [5.41, 5.74) is 5.27.